The SMILES string of the molecule is NSC(=O)CC12CC3CC(C1)CC(CC(=O)SN)(C3)C2. The largest absolute Gasteiger partial charge is 0.286 e. The minimum Gasteiger partial charge on any atom is -0.286 e. The summed E-state index contributed by atoms with van der Waals surface area (Å²) in [5.41, 5.74) is 0.236. The lowest BCUT2D eigenvalue weighted by molar-refractivity contribution is -0.137. The van der Waals surface area contributed by atoms with Crippen LogP contribution in [0.4, 0.5) is 0 Å². The predicted molar refractivity (Wildman–Crippen MR) is 82.4 cm³/mol. The molecule has 4 aliphatic carbocycles. The molecule has 112 valence electrons. The van der Waals surface area contributed by atoms with Gasteiger partial charge in [-0.25, -0.2) is 0 Å². The minimum absolute atomic E-state index is 0.0987. The molecule has 0 aliphatic heterocycles. The third-order valence-electron chi connectivity index (χ3n) is 5.60. The van der Waals surface area contributed by atoms with Crippen LogP contribution in [0, 0.1) is 22.7 Å². The summed E-state index contributed by atoms with van der Waals surface area (Å²) in [6, 6.07) is 0. The Bertz CT molecular complexity index is 391. The average Bonchev–Trinajstić information content (AvgIpc) is 2.35. The van der Waals surface area contributed by atoms with Crippen LogP contribution in [0.5, 0.6) is 0 Å². The smallest absolute Gasteiger partial charge is 0.204 e. The van der Waals surface area contributed by atoms with Gasteiger partial charge in [-0.2, -0.15) is 0 Å². The zero-order valence-electron chi connectivity index (χ0n) is 11.6. The Balaban J connectivity index is 1.81. The molecule has 6 heteroatoms. The van der Waals surface area contributed by atoms with Gasteiger partial charge in [-0.1, -0.05) is 0 Å². The van der Waals surface area contributed by atoms with Crippen molar-refractivity contribution in [2.75, 3.05) is 0 Å². The van der Waals surface area contributed by atoms with Gasteiger partial charge >= 0.3 is 0 Å². The lowest BCUT2D eigenvalue weighted by atomic mass is 9.43. The summed E-state index contributed by atoms with van der Waals surface area (Å²) >= 11 is 1.72. The molecule has 4 nitrogen and oxygen atoms in total. The third kappa shape index (κ3) is 2.67. The molecule has 0 unspecified atom stereocenters. The van der Waals surface area contributed by atoms with Crippen LogP contribution < -0.4 is 10.3 Å². The maximum Gasteiger partial charge on any atom is 0.204 e. The average molecular weight is 314 g/mol. The molecule has 0 aromatic heterocycles. The molecule has 20 heavy (non-hydrogen) atoms. The van der Waals surface area contributed by atoms with E-state index in [-0.39, 0.29) is 21.1 Å². The predicted octanol–water partition coefficient (Wildman–Crippen LogP) is 2.62. The van der Waals surface area contributed by atoms with Gasteiger partial charge < -0.3 is 0 Å². The zero-order valence-corrected chi connectivity index (χ0v) is 13.2. The van der Waals surface area contributed by atoms with E-state index in [2.05, 4.69) is 0 Å². The van der Waals surface area contributed by atoms with Crippen LogP contribution in [0.25, 0.3) is 0 Å². The Morgan fingerprint density at radius 3 is 1.65 bits per heavy atom. The number of rotatable bonds is 4. The van der Waals surface area contributed by atoms with Crippen molar-refractivity contribution in [3.05, 3.63) is 0 Å². The summed E-state index contributed by atoms with van der Waals surface area (Å²) in [4.78, 5) is 23.7. The van der Waals surface area contributed by atoms with Crippen LogP contribution >= 0.6 is 23.9 Å². The summed E-state index contributed by atoms with van der Waals surface area (Å²) in [5, 5.41) is 11.1. The molecule has 4 aliphatic rings. The van der Waals surface area contributed by atoms with Gasteiger partial charge in [0.2, 0.25) is 10.2 Å². The van der Waals surface area contributed by atoms with Crippen molar-refractivity contribution in [3.8, 4) is 0 Å². The molecule has 4 saturated carbocycles. The van der Waals surface area contributed by atoms with Crippen molar-refractivity contribution >= 4 is 34.1 Å². The van der Waals surface area contributed by atoms with Crippen molar-refractivity contribution in [3.63, 3.8) is 0 Å². The fraction of sp³-hybridized carbons (Fsp3) is 0.857. The van der Waals surface area contributed by atoms with E-state index in [4.69, 9.17) is 10.3 Å². The van der Waals surface area contributed by atoms with Gasteiger partial charge in [-0.3, -0.25) is 19.9 Å². The highest BCUT2D eigenvalue weighted by atomic mass is 32.2. The first-order chi connectivity index (χ1) is 9.48. The topological polar surface area (TPSA) is 86.2 Å². The van der Waals surface area contributed by atoms with E-state index in [1.807, 2.05) is 0 Å². The maximum absolute atomic E-state index is 11.8. The first kappa shape index (κ1) is 14.9. The molecular weight excluding hydrogens is 292 g/mol. The molecule has 0 aromatic rings. The highest BCUT2D eigenvalue weighted by Crippen LogP contribution is 2.67. The van der Waals surface area contributed by atoms with Gasteiger partial charge in [0.05, 0.1) is 0 Å². The van der Waals surface area contributed by atoms with Gasteiger partial charge in [0.25, 0.3) is 0 Å². The number of hydrogen-bond donors (Lipinski definition) is 2. The molecule has 4 bridgehead atoms. The maximum atomic E-state index is 11.8. The second-order valence-electron chi connectivity index (χ2n) is 7.29. The fourth-order valence-corrected chi connectivity index (χ4v) is 6.54. The molecule has 4 rings (SSSR count). The minimum atomic E-state index is 0.0987. The monoisotopic (exact) mass is 314 g/mol. The van der Waals surface area contributed by atoms with E-state index in [1.54, 1.807) is 0 Å². The summed E-state index contributed by atoms with van der Waals surface area (Å²) < 4.78 is 0. The van der Waals surface area contributed by atoms with Gasteiger partial charge in [-0.05, 0) is 85.1 Å². The summed E-state index contributed by atoms with van der Waals surface area (Å²) in [5.74, 6) is 1.39. The lowest BCUT2D eigenvalue weighted by Gasteiger charge is -2.62. The quantitative estimate of drug-likeness (QED) is 0.776. The van der Waals surface area contributed by atoms with Crippen molar-refractivity contribution in [1.82, 2.24) is 0 Å². The molecule has 0 heterocycles. The Kier molecular flexibility index (Phi) is 3.95. The summed E-state index contributed by atoms with van der Waals surface area (Å²) in [6.07, 6.45) is 8.11. The van der Waals surface area contributed by atoms with Crippen LogP contribution in [0.1, 0.15) is 51.4 Å². The van der Waals surface area contributed by atoms with Crippen LogP contribution in [-0.4, -0.2) is 10.2 Å². The van der Waals surface area contributed by atoms with Crippen LogP contribution in [-0.2, 0) is 9.59 Å². The van der Waals surface area contributed by atoms with Gasteiger partial charge in [0.15, 0.2) is 0 Å². The number of carbonyl (C=O) groups is 2. The first-order valence-electron chi connectivity index (χ1n) is 7.27. The summed E-state index contributed by atoms with van der Waals surface area (Å²) in [6.45, 7) is 0. The van der Waals surface area contributed by atoms with Gasteiger partial charge in [0.1, 0.15) is 0 Å². The van der Waals surface area contributed by atoms with E-state index in [9.17, 15) is 9.59 Å². The Labute approximate surface area is 128 Å². The van der Waals surface area contributed by atoms with Crippen molar-refractivity contribution in [2.24, 2.45) is 32.9 Å². The van der Waals surface area contributed by atoms with Crippen LogP contribution in [0.2, 0.25) is 0 Å². The molecule has 0 spiro atoms. The highest BCUT2D eigenvalue weighted by Gasteiger charge is 2.58. The molecule has 4 fully saturated rings. The van der Waals surface area contributed by atoms with Gasteiger partial charge in [-0.15, -0.1) is 0 Å². The number of carbonyl (C=O) groups excluding carboxylic acids is 2. The van der Waals surface area contributed by atoms with E-state index < -0.39 is 0 Å². The second-order valence-corrected chi connectivity index (χ2v) is 8.68. The van der Waals surface area contributed by atoms with Crippen molar-refractivity contribution in [2.45, 2.75) is 51.4 Å². The molecule has 0 radical (unpaired) electrons. The standard InChI is InChI=1S/C14H22N2O2S2/c15-19-11(17)6-13-2-9-1-10(4-13)5-14(3-9,8-13)7-12(18)20-16/h9-10H,1-8,15-16H2. The lowest BCUT2D eigenvalue weighted by Crippen LogP contribution is -2.53. The molecule has 4 N–H and O–H groups in total. The van der Waals surface area contributed by atoms with Gasteiger partial charge in [0, 0.05) is 12.8 Å². The Hall–Kier alpha value is -0.0400. The Morgan fingerprint density at radius 2 is 1.30 bits per heavy atom. The third-order valence-corrected chi connectivity index (χ3v) is 6.42. The second kappa shape index (κ2) is 5.30. The summed E-state index contributed by atoms with van der Waals surface area (Å²) in [7, 11) is 0. The molecule has 0 atom stereocenters. The molecule has 0 amide bonds. The molecule has 0 aromatic carbocycles. The zero-order chi connectivity index (χ0) is 14.4. The Morgan fingerprint density at radius 1 is 0.900 bits per heavy atom. The number of hydrogen-bond acceptors (Lipinski definition) is 6. The van der Waals surface area contributed by atoms with E-state index in [0.29, 0.717) is 24.7 Å². The molecular formula is C14H22N2O2S2. The van der Waals surface area contributed by atoms with E-state index in [1.165, 1.54) is 6.42 Å². The molecule has 0 saturated heterocycles. The van der Waals surface area contributed by atoms with Crippen LogP contribution in [0.15, 0.2) is 0 Å². The van der Waals surface area contributed by atoms with Crippen molar-refractivity contribution < 1.29 is 9.59 Å². The van der Waals surface area contributed by atoms with Crippen molar-refractivity contribution in [1.29, 1.82) is 0 Å². The first-order valence-corrected chi connectivity index (χ1v) is 9.03. The van der Waals surface area contributed by atoms with Crippen LogP contribution in [0.3, 0.4) is 0 Å². The number of nitrogens with two attached hydrogens (primary N) is 2. The fourth-order valence-electron chi connectivity index (χ4n) is 5.76. The van der Waals surface area contributed by atoms with E-state index in [0.717, 1.165) is 56.0 Å². The normalized spacial score (nSPS) is 41.9. The van der Waals surface area contributed by atoms with E-state index >= 15 is 0 Å². The highest BCUT2D eigenvalue weighted by molar-refractivity contribution is 8.11.